The molecule has 0 spiro atoms. The molecule has 2 amide bonds. The van der Waals surface area contributed by atoms with Crippen LogP contribution in [0.3, 0.4) is 0 Å². The molecule has 1 saturated heterocycles. The van der Waals surface area contributed by atoms with Gasteiger partial charge < -0.3 is 4.74 Å². The summed E-state index contributed by atoms with van der Waals surface area (Å²) in [5.41, 5.74) is 2.44. The van der Waals surface area contributed by atoms with Crippen LogP contribution in [0.5, 0.6) is 0 Å². The lowest BCUT2D eigenvalue weighted by molar-refractivity contribution is -0.121. The fourth-order valence-electron chi connectivity index (χ4n) is 5.42. The van der Waals surface area contributed by atoms with Crippen molar-refractivity contribution in [2.24, 2.45) is 11.0 Å². The van der Waals surface area contributed by atoms with E-state index in [9.17, 15) is 19.2 Å². The van der Waals surface area contributed by atoms with Crippen LogP contribution in [0, 0.1) is 19.8 Å². The number of Topliss-reactive ketones (excluding diaryl/α,β-unsaturated/α-hetero) is 1. The molecule has 0 bridgehead atoms. The van der Waals surface area contributed by atoms with Gasteiger partial charge >= 0.3 is 5.97 Å². The van der Waals surface area contributed by atoms with Gasteiger partial charge in [-0.2, -0.15) is 10.2 Å². The summed E-state index contributed by atoms with van der Waals surface area (Å²) < 4.78 is 6.73. The van der Waals surface area contributed by atoms with Crippen LogP contribution >= 0.6 is 11.6 Å². The first-order chi connectivity index (χ1) is 20.7. The fraction of sp³-hybridized carbons (Fsp3) is 0.188. The van der Waals surface area contributed by atoms with Gasteiger partial charge in [0.25, 0.3) is 5.91 Å². The molecular weight excluding hydrogens is 570 g/mol. The number of esters is 1. The Morgan fingerprint density at radius 2 is 1.51 bits per heavy atom. The third kappa shape index (κ3) is 4.69. The van der Waals surface area contributed by atoms with Crippen molar-refractivity contribution in [2.45, 2.75) is 26.8 Å². The number of hydrazone groups is 1. The maximum Gasteiger partial charge on any atom is 0.359 e. The van der Waals surface area contributed by atoms with Crippen LogP contribution in [0.4, 0.5) is 11.4 Å². The number of hydrogen-bond acceptors (Lipinski definition) is 8. The van der Waals surface area contributed by atoms with Gasteiger partial charge in [0.15, 0.2) is 5.69 Å². The molecule has 11 heteroatoms. The molecule has 0 aliphatic carbocycles. The Labute approximate surface area is 252 Å². The zero-order valence-electron chi connectivity index (χ0n) is 23.5. The summed E-state index contributed by atoms with van der Waals surface area (Å²) in [5.74, 6) is -3.83. The second-order valence-electron chi connectivity index (χ2n) is 10.2. The van der Waals surface area contributed by atoms with Crippen molar-refractivity contribution in [1.29, 1.82) is 0 Å². The summed E-state index contributed by atoms with van der Waals surface area (Å²) in [5, 5.41) is 10.9. The number of hydrogen-bond donors (Lipinski definition) is 0. The Morgan fingerprint density at radius 1 is 0.860 bits per heavy atom. The average molecular weight is 596 g/mol. The molecule has 1 fully saturated rings. The van der Waals surface area contributed by atoms with E-state index in [4.69, 9.17) is 16.3 Å². The first kappa shape index (κ1) is 28.0. The van der Waals surface area contributed by atoms with Gasteiger partial charge in [0.05, 0.1) is 34.9 Å². The van der Waals surface area contributed by atoms with E-state index >= 15 is 0 Å². The van der Waals surface area contributed by atoms with Gasteiger partial charge in [-0.05, 0) is 69.3 Å². The van der Waals surface area contributed by atoms with Crippen molar-refractivity contribution in [2.75, 3.05) is 16.5 Å². The molecule has 0 radical (unpaired) electrons. The number of halogens is 1. The molecule has 2 aliphatic rings. The topological polar surface area (TPSA) is 114 Å². The third-order valence-electron chi connectivity index (χ3n) is 7.48. The first-order valence-electron chi connectivity index (χ1n) is 13.7. The number of para-hydroxylation sites is 1. The molecular formula is C32H26ClN5O5. The Morgan fingerprint density at radius 3 is 2.16 bits per heavy atom. The number of ketones is 1. The van der Waals surface area contributed by atoms with Gasteiger partial charge in [-0.3, -0.25) is 19.4 Å². The fourth-order valence-corrected chi connectivity index (χ4v) is 5.55. The van der Waals surface area contributed by atoms with E-state index in [1.807, 2.05) is 31.2 Å². The predicted octanol–water partition coefficient (Wildman–Crippen LogP) is 4.94. The second kappa shape index (κ2) is 11.0. The lowest BCUT2D eigenvalue weighted by atomic mass is 9.91. The summed E-state index contributed by atoms with van der Waals surface area (Å²) in [6.07, 6.45) is 0. The molecule has 0 N–H and O–H groups in total. The molecule has 6 rings (SSSR count). The van der Waals surface area contributed by atoms with Gasteiger partial charge in [0.1, 0.15) is 17.7 Å². The Bertz CT molecular complexity index is 1800. The lowest BCUT2D eigenvalue weighted by Gasteiger charge is -2.22. The molecule has 0 unspecified atom stereocenters. The quantitative estimate of drug-likeness (QED) is 0.169. The number of nitrogens with zero attached hydrogens (tertiary/aromatic N) is 5. The van der Waals surface area contributed by atoms with Crippen molar-refractivity contribution in [1.82, 2.24) is 9.78 Å². The van der Waals surface area contributed by atoms with Crippen molar-refractivity contribution in [3.05, 3.63) is 106 Å². The van der Waals surface area contributed by atoms with Gasteiger partial charge in [-0.25, -0.2) is 14.4 Å². The zero-order chi connectivity index (χ0) is 30.4. The lowest BCUT2D eigenvalue weighted by Crippen LogP contribution is -2.39. The average Bonchev–Trinajstić information content (AvgIpc) is 3.64. The highest BCUT2D eigenvalue weighted by molar-refractivity contribution is 6.54. The molecule has 4 aromatic rings. The summed E-state index contributed by atoms with van der Waals surface area (Å²) in [6.45, 7) is 5.32. The highest BCUT2D eigenvalue weighted by Crippen LogP contribution is 2.39. The minimum absolute atomic E-state index is 0.0482. The van der Waals surface area contributed by atoms with E-state index in [2.05, 4.69) is 10.2 Å². The van der Waals surface area contributed by atoms with Crippen LogP contribution in [0.1, 0.15) is 39.0 Å². The van der Waals surface area contributed by atoms with Crippen molar-refractivity contribution < 1.29 is 23.9 Å². The largest absolute Gasteiger partial charge is 0.461 e. The minimum Gasteiger partial charge on any atom is -0.461 e. The number of rotatable bonds is 7. The Kier molecular flexibility index (Phi) is 7.15. The number of carbonyl (C=O) groups excluding carboxylic acids is 4. The summed E-state index contributed by atoms with van der Waals surface area (Å²) in [6, 6.07) is 21.4. The van der Waals surface area contributed by atoms with Gasteiger partial charge in [-0.1, -0.05) is 47.5 Å². The van der Waals surface area contributed by atoms with E-state index in [1.54, 1.807) is 68.4 Å². The third-order valence-corrected chi connectivity index (χ3v) is 7.73. The van der Waals surface area contributed by atoms with Gasteiger partial charge in [0.2, 0.25) is 11.7 Å². The number of benzene rings is 3. The highest BCUT2D eigenvalue weighted by atomic mass is 35.5. The maximum atomic E-state index is 14.4. The number of aromatic nitrogens is 2. The molecule has 216 valence electrons. The van der Waals surface area contributed by atoms with Crippen molar-refractivity contribution >= 4 is 52.3 Å². The van der Waals surface area contributed by atoms with Crippen LogP contribution in [0.15, 0.2) is 84.0 Å². The first-order valence-corrected chi connectivity index (χ1v) is 14.0. The second-order valence-corrected chi connectivity index (χ2v) is 10.6. The molecule has 2 atom stereocenters. The smallest absolute Gasteiger partial charge is 0.359 e. The van der Waals surface area contributed by atoms with E-state index in [0.717, 1.165) is 10.5 Å². The summed E-state index contributed by atoms with van der Waals surface area (Å²) >= 11 is 6.10. The van der Waals surface area contributed by atoms with Crippen LogP contribution in [0.25, 0.3) is 5.69 Å². The van der Waals surface area contributed by atoms with Crippen LogP contribution in [-0.2, 0) is 14.3 Å². The van der Waals surface area contributed by atoms with Crippen LogP contribution in [-0.4, -0.2) is 51.7 Å². The van der Waals surface area contributed by atoms with E-state index in [0.29, 0.717) is 27.8 Å². The van der Waals surface area contributed by atoms with Crippen molar-refractivity contribution in [3.8, 4) is 5.69 Å². The van der Waals surface area contributed by atoms with Gasteiger partial charge in [-0.15, -0.1) is 0 Å². The molecule has 3 heterocycles. The number of amides is 2. The number of ether oxygens (including phenoxy) is 1. The van der Waals surface area contributed by atoms with E-state index < -0.39 is 35.5 Å². The standard InChI is InChI=1S/C32H26ClN5O5/c1-4-43-32(42)27-24(19(3)37(35-27)22-14-10-18(2)11-15-22)29(39)26-25-28(38(34-26)23-16-12-20(33)13-17-23)31(41)36(30(25)40)21-8-6-5-7-9-21/h5-17,25,28H,4H2,1-3H3/t25-,28-/m0/s1. The van der Waals surface area contributed by atoms with E-state index in [-0.39, 0.29) is 23.6 Å². The van der Waals surface area contributed by atoms with Crippen LogP contribution < -0.4 is 9.91 Å². The molecule has 43 heavy (non-hydrogen) atoms. The zero-order valence-corrected chi connectivity index (χ0v) is 24.3. The Hall–Kier alpha value is -5.09. The van der Waals surface area contributed by atoms with Gasteiger partial charge in [0, 0.05) is 5.02 Å². The SMILES string of the molecule is CCOC(=O)c1nn(-c2ccc(C)cc2)c(C)c1C(=O)C1=NN(c2ccc(Cl)cc2)[C@@H]2C(=O)N(c3ccccc3)C(=O)[C@@H]12. The number of aryl methyl sites for hydroxylation is 1. The molecule has 2 aliphatic heterocycles. The number of carbonyl (C=O) groups is 4. The number of imide groups is 1. The van der Waals surface area contributed by atoms with E-state index in [1.165, 1.54) is 9.69 Å². The normalized spacial score (nSPS) is 17.7. The predicted molar refractivity (Wildman–Crippen MR) is 161 cm³/mol. The number of anilines is 2. The Balaban J connectivity index is 1.50. The molecule has 10 nitrogen and oxygen atoms in total. The van der Waals surface area contributed by atoms with Crippen LogP contribution in [0.2, 0.25) is 5.02 Å². The maximum absolute atomic E-state index is 14.4. The monoisotopic (exact) mass is 595 g/mol. The molecule has 0 saturated carbocycles. The summed E-state index contributed by atoms with van der Waals surface area (Å²) in [7, 11) is 0. The molecule has 3 aromatic carbocycles. The molecule has 1 aromatic heterocycles. The highest BCUT2D eigenvalue weighted by Gasteiger charge is 2.59. The minimum atomic E-state index is -1.23. The summed E-state index contributed by atoms with van der Waals surface area (Å²) in [4.78, 5) is 56.4. The van der Waals surface area contributed by atoms with Crippen molar-refractivity contribution in [3.63, 3.8) is 0 Å². The number of fused-ring (bicyclic) bond motifs is 1.